The van der Waals surface area contributed by atoms with E-state index in [2.05, 4.69) is 26.1 Å². The lowest BCUT2D eigenvalue weighted by Crippen LogP contribution is -2.24. The highest BCUT2D eigenvalue weighted by Gasteiger charge is 2.09. The van der Waals surface area contributed by atoms with Crippen molar-refractivity contribution < 1.29 is 5.11 Å². The summed E-state index contributed by atoms with van der Waals surface area (Å²) >= 11 is 0. The molecular formula is C13H21NO. The minimum atomic E-state index is 0.113. The summed E-state index contributed by atoms with van der Waals surface area (Å²) in [5.41, 5.74) is 2.09. The molecule has 1 unspecified atom stereocenters. The van der Waals surface area contributed by atoms with Gasteiger partial charge in [-0.2, -0.15) is 0 Å². The van der Waals surface area contributed by atoms with Gasteiger partial charge in [-0.15, -0.1) is 0 Å². The molecule has 84 valence electrons. The second-order valence-corrected chi connectivity index (χ2v) is 4.26. The fourth-order valence-corrected chi connectivity index (χ4v) is 1.66. The van der Waals surface area contributed by atoms with Crippen molar-refractivity contribution >= 4 is 5.69 Å². The van der Waals surface area contributed by atoms with Gasteiger partial charge in [-0.25, -0.2) is 0 Å². The predicted octanol–water partition coefficient (Wildman–Crippen LogP) is 3.03. The van der Waals surface area contributed by atoms with Crippen LogP contribution in [-0.2, 0) is 6.61 Å². The first kappa shape index (κ1) is 12.1. The van der Waals surface area contributed by atoms with Gasteiger partial charge in [0.2, 0.25) is 0 Å². The molecule has 0 radical (unpaired) electrons. The maximum atomic E-state index is 8.92. The van der Waals surface area contributed by atoms with Crippen molar-refractivity contribution in [3.05, 3.63) is 29.8 Å². The van der Waals surface area contributed by atoms with Crippen LogP contribution in [0.2, 0.25) is 0 Å². The van der Waals surface area contributed by atoms with Gasteiger partial charge in [0, 0.05) is 11.7 Å². The zero-order valence-electron chi connectivity index (χ0n) is 9.83. The smallest absolute Gasteiger partial charge is 0.0681 e. The van der Waals surface area contributed by atoms with E-state index >= 15 is 0 Å². The third-order valence-electron chi connectivity index (χ3n) is 2.73. The molecule has 0 saturated heterocycles. The summed E-state index contributed by atoms with van der Waals surface area (Å²) in [4.78, 5) is 0. The molecule has 1 aromatic rings. The van der Waals surface area contributed by atoms with Crippen LogP contribution in [0, 0.1) is 5.92 Å². The summed E-state index contributed by atoms with van der Waals surface area (Å²) in [6.45, 7) is 6.76. The summed E-state index contributed by atoms with van der Waals surface area (Å²) < 4.78 is 0. The van der Waals surface area contributed by atoms with E-state index in [1.807, 2.05) is 24.3 Å². The largest absolute Gasteiger partial charge is 0.392 e. The second kappa shape index (κ2) is 5.76. The molecule has 0 spiro atoms. The molecule has 0 amide bonds. The average molecular weight is 207 g/mol. The molecule has 0 aliphatic heterocycles. The van der Waals surface area contributed by atoms with Gasteiger partial charge in [0.25, 0.3) is 0 Å². The lowest BCUT2D eigenvalue weighted by Gasteiger charge is -2.22. The van der Waals surface area contributed by atoms with Crippen molar-refractivity contribution in [2.24, 2.45) is 5.92 Å². The molecule has 2 nitrogen and oxygen atoms in total. The fourth-order valence-electron chi connectivity index (χ4n) is 1.66. The van der Waals surface area contributed by atoms with Crippen LogP contribution in [0.4, 0.5) is 5.69 Å². The first-order valence-corrected chi connectivity index (χ1v) is 5.63. The van der Waals surface area contributed by atoms with Crippen molar-refractivity contribution in [3.8, 4) is 0 Å². The summed E-state index contributed by atoms with van der Waals surface area (Å²) in [5, 5.41) is 12.4. The van der Waals surface area contributed by atoms with Crippen LogP contribution in [-0.4, -0.2) is 11.1 Å². The third-order valence-corrected chi connectivity index (χ3v) is 2.73. The minimum Gasteiger partial charge on any atom is -0.392 e. The number of aliphatic hydroxyl groups is 1. The maximum absolute atomic E-state index is 8.92. The van der Waals surface area contributed by atoms with Crippen LogP contribution in [0.5, 0.6) is 0 Å². The zero-order valence-corrected chi connectivity index (χ0v) is 9.83. The SMILES string of the molecule is CCC(Nc1ccc(CO)cc1)C(C)C. The normalized spacial score (nSPS) is 12.9. The molecule has 0 aliphatic carbocycles. The van der Waals surface area contributed by atoms with E-state index in [9.17, 15) is 0 Å². The Labute approximate surface area is 92.3 Å². The number of anilines is 1. The van der Waals surface area contributed by atoms with Crippen LogP contribution in [0.25, 0.3) is 0 Å². The van der Waals surface area contributed by atoms with Crippen LogP contribution in [0.3, 0.4) is 0 Å². The van der Waals surface area contributed by atoms with Gasteiger partial charge in [0.1, 0.15) is 0 Å². The van der Waals surface area contributed by atoms with Crippen LogP contribution < -0.4 is 5.32 Å². The summed E-state index contributed by atoms with van der Waals surface area (Å²) in [7, 11) is 0. The molecule has 0 bridgehead atoms. The van der Waals surface area contributed by atoms with E-state index in [0.29, 0.717) is 12.0 Å². The van der Waals surface area contributed by atoms with Gasteiger partial charge in [0.05, 0.1) is 6.61 Å². The highest BCUT2D eigenvalue weighted by molar-refractivity contribution is 5.45. The zero-order chi connectivity index (χ0) is 11.3. The number of aliphatic hydroxyl groups excluding tert-OH is 1. The van der Waals surface area contributed by atoms with Gasteiger partial charge < -0.3 is 10.4 Å². The first-order chi connectivity index (χ1) is 7.17. The van der Waals surface area contributed by atoms with E-state index < -0.39 is 0 Å². The van der Waals surface area contributed by atoms with E-state index in [1.165, 1.54) is 0 Å². The molecule has 0 aromatic heterocycles. The molecule has 0 aliphatic rings. The van der Waals surface area contributed by atoms with Crippen molar-refractivity contribution in [1.82, 2.24) is 0 Å². The molecule has 1 atom stereocenters. The average Bonchev–Trinajstić information content (AvgIpc) is 2.26. The van der Waals surface area contributed by atoms with Crippen molar-refractivity contribution in [1.29, 1.82) is 0 Å². The van der Waals surface area contributed by atoms with Gasteiger partial charge in [-0.1, -0.05) is 32.9 Å². The molecule has 0 heterocycles. The van der Waals surface area contributed by atoms with Gasteiger partial charge in [-0.05, 0) is 30.0 Å². The Morgan fingerprint density at radius 2 is 1.80 bits per heavy atom. The first-order valence-electron chi connectivity index (χ1n) is 5.63. The highest BCUT2D eigenvalue weighted by Crippen LogP contribution is 2.15. The Hall–Kier alpha value is -1.02. The lowest BCUT2D eigenvalue weighted by atomic mass is 10.0. The van der Waals surface area contributed by atoms with E-state index in [1.54, 1.807) is 0 Å². The van der Waals surface area contributed by atoms with Gasteiger partial charge in [0.15, 0.2) is 0 Å². The summed E-state index contributed by atoms with van der Waals surface area (Å²) in [5.74, 6) is 0.632. The molecule has 2 heteroatoms. The van der Waals surface area contributed by atoms with E-state index in [4.69, 9.17) is 5.11 Å². The number of nitrogens with one attached hydrogen (secondary N) is 1. The van der Waals surface area contributed by atoms with Crippen LogP contribution >= 0.6 is 0 Å². The molecule has 0 saturated carbocycles. The Morgan fingerprint density at radius 3 is 2.20 bits per heavy atom. The summed E-state index contributed by atoms with van der Waals surface area (Å²) in [6.07, 6.45) is 1.12. The molecular weight excluding hydrogens is 186 g/mol. The fraction of sp³-hybridized carbons (Fsp3) is 0.538. The monoisotopic (exact) mass is 207 g/mol. The third kappa shape index (κ3) is 3.56. The molecule has 15 heavy (non-hydrogen) atoms. The highest BCUT2D eigenvalue weighted by atomic mass is 16.3. The Balaban J connectivity index is 2.63. The van der Waals surface area contributed by atoms with E-state index in [-0.39, 0.29) is 6.61 Å². The topological polar surface area (TPSA) is 32.3 Å². The van der Waals surface area contributed by atoms with Gasteiger partial charge >= 0.3 is 0 Å². The quantitative estimate of drug-likeness (QED) is 0.778. The van der Waals surface area contributed by atoms with Gasteiger partial charge in [-0.3, -0.25) is 0 Å². The van der Waals surface area contributed by atoms with Crippen LogP contribution in [0.1, 0.15) is 32.8 Å². The second-order valence-electron chi connectivity index (χ2n) is 4.26. The standard InChI is InChI=1S/C13H21NO/c1-4-13(10(2)3)14-12-7-5-11(9-15)6-8-12/h5-8,10,13-15H,4,9H2,1-3H3. The predicted molar refractivity (Wildman–Crippen MR) is 64.9 cm³/mol. The van der Waals surface area contributed by atoms with Crippen LogP contribution in [0.15, 0.2) is 24.3 Å². The number of hydrogen-bond donors (Lipinski definition) is 2. The molecule has 2 N–H and O–H groups in total. The maximum Gasteiger partial charge on any atom is 0.0681 e. The summed E-state index contributed by atoms with van der Waals surface area (Å²) in [6, 6.07) is 8.47. The lowest BCUT2D eigenvalue weighted by molar-refractivity contribution is 0.282. The number of benzene rings is 1. The van der Waals surface area contributed by atoms with Crippen molar-refractivity contribution in [3.63, 3.8) is 0 Å². The van der Waals surface area contributed by atoms with Crippen molar-refractivity contribution in [2.45, 2.75) is 39.8 Å². The Kier molecular flexibility index (Phi) is 4.63. The molecule has 1 aromatic carbocycles. The Bertz CT molecular complexity index is 279. The van der Waals surface area contributed by atoms with Crippen molar-refractivity contribution in [2.75, 3.05) is 5.32 Å². The number of rotatable bonds is 5. The minimum absolute atomic E-state index is 0.113. The Morgan fingerprint density at radius 1 is 1.20 bits per heavy atom. The molecule has 0 fully saturated rings. The van der Waals surface area contributed by atoms with E-state index in [0.717, 1.165) is 17.7 Å². The molecule has 1 rings (SSSR count). The number of hydrogen-bond acceptors (Lipinski definition) is 2.